The Labute approximate surface area is 104 Å². The van der Waals surface area contributed by atoms with Gasteiger partial charge in [0.1, 0.15) is 0 Å². The van der Waals surface area contributed by atoms with Gasteiger partial charge in [-0.3, -0.25) is 4.79 Å². The molecular weight excluding hydrogens is 212 g/mol. The van der Waals surface area contributed by atoms with Gasteiger partial charge in [-0.25, -0.2) is 5.43 Å². The molecule has 0 aromatic rings. The summed E-state index contributed by atoms with van der Waals surface area (Å²) in [5.41, 5.74) is 3.98. The Bertz CT molecular complexity index is 293. The Kier molecular flexibility index (Phi) is 4.57. The van der Waals surface area contributed by atoms with Gasteiger partial charge in [0.25, 0.3) is 0 Å². The van der Waals surface area contributed by atoms with Crippen LogP contribution in [0.1, 0.15) is 64.7 Å². The quantitative estimate of drug-likeness (QED) is 0.735. The van der Waals surface area contributed by atoms with Crippen molar-refractivity contribution < 1.29 is 4.79 Å². The number of rotatable bonds is 2. The average Bonchev–Trinajstić information content (AvgIpc) is 2.37. The van der Waals surface area contributed by atoms with Crippen molar-refractivity contribution in [2.45, 2.75) is 64.7 Å². The van der Waals surface area contributed by atoms with Gasteiger partial charge in [-0.15, -0.1) is 0 Å². The van der Waals surface area contributed by atoms with Crippen LogP contribution in [0.25, 0.3) is 0 Å². The van der Waals surface area contributed by atoms with Gasteiger partial charge in [-0.2, -0.15) is 5.10 Å². The van der Waals surface area contributed by atoms with Crippen LogP contribution in [0.4, 0.5) is 0 Å². The zero-order valence-electron chi connectivity index (χ0n) is 10.9. The van der Waals surface area contributed by atoms with Gasteiger partial charge in [0, 0.05) is 11.6 Å². The van der Waals surface area contributed by atoms with Crippen molar-refractivity contribution in [3.8, 4) is 0 Å². The van der Waals surface area contributed by atoms with E-state index in [9.17, 15) is 4.79 Å². The summed E-state index contributed by atoms with van der Waals surface area (Å²) in [5, 5.41) is 4.33. The summed E-state index contributed by atoms with van der Waals surface area (Å²) >= 11 is 0. The lowest BCUT2D eigenvalue weighted by Crippen LogP contribution is -2.29. The molecule has 0 aromatic carbocycles. The monoisotopic (exact) mass is 236 g/mol. The highest BCUT2D eigenvalue weighted by Crippen LogP contribution is 2.24. The molecule has 2 saturated carbocycles. The van der Waals surface area contributed by atoms with E-state index in [1.165, 1.54) is 37.8 Å². The normalized spacial score (nSPS) is 29.2. The van der Waals surface area contributed by atoms with Gasteiger partial charge in [0.05, 0.1) is 0 Å². The minimum Gasteiger partial charge on any atom is -0.273 e. The molecule has 3 nitrogen and oxygen atoms in total. The van der Waals surface area contributed by atoms with E-state index in [-0.39, 0.29) is 11.8 Å². The molecule has 1 amide bonds. The van der Waals surface area contributed by atoms with Crippen LogP contribution >= 0.6 is 0 Å². The topological polar surface area (TPSA) is 41.5 Å². The Morgan fingerprint density at radius 2 is 1.94 bits per heavy atom. The molecular formula is C14H24N2O. The SMILES string of the molecule is C[C@H]1CCC/C(=N/NC(=O)C2CCCCC2)C1. The fourth-order valence-corrected chi connectivity index (χ4v) is 2.95. The molecule has 17 heavy (non-hydrogen) atoms. The zero-order valence-corrected chi connectivity index (χ0v) is 10.9. The molecule has 2 aliphatic rings. The Morgan fingerprint density at radius 1 is 1.18 bits per heavy atom. The van der Waals surface area contributed by atoms with Crippen molar-refractivity contribution in [3.05, 3.63) is 0 Å². The predicted molar refractivity (Wildman–Crippen MR) is 69.8 cm³/mol. The smallest absolute Gasteiger partial charge is 0.243 e. The summed E-state index contributed by atoms with van der Waals surface area (Å²) in [6.07, 6.45) is 10.4. The molecule has 0 heterocycles. The van der Waals surface area contributed by atoms with Crippen LogP contribution in [0.3, 0.4) is 0 Å². The van der Waals surface area contributed by atoms with Gasteiger partial charge >= 0.3 is 0 Å². The number of amides is 1. The van der Waals surface area contributed by atoms with Gasteiger partial charge in [-0.1, -0.05) is 26.2 Å². The van der Waals surface area contributed by atoms with Crippen LogP contribution in [0.15, 0.2) is 5.10 Å². The molecule has 3 heteroatoms. The molecule has 0 saturated heterocycles. The van der Waals surface area contributed by atoms with Gasteiger partial charge < -0.3 is 0 Å². The Hall–Kier alpha value is -0.860. The van der Waals surface area contributed by atoms with Crippen molar-refractivity contribution in [2.75, 3.05) is 0 Å². The van der Waals surface area contributed by atoms with E-state index in [2.05, 4.69) is 17.5 Å². The fraction of sp³-hybridized carbons (Fsp3) is 0.857. The number of nitrogens with zero attached hydrogens (tertiary/aromatic N) is 1. The second kappa shape index (κ2) is 6.18. The Morgan fingerprint density at radius 3 is 2.65 bits per heavy atom. The van der Waals surface area contributed by atoms with Crippen molar-refractivity contribution in [2.24, 2.45) is 16.9 Å². The molecule has 0 unspecified atom stereocenters. The van der Waals surface area contributed by atoms with Crippen LogP contribution in [-0.2, 0) is 4.79 Å². The standard InChI is InChI=1S/C14H24N2O/c1-11-6-5-9-13(10-11)15-16-14(17)12-7-3-2-4-8-12/h11-12H,2-10H2,1H3,(H,16,17)/b15-13-/t11-/m0/s1. The predicted octanol–water partition coefficient (Wildman–Crippen LogP) is 3.25. The summed E-state index contributed by atoms with van der Waals surface area (Å²) in [5.74, 6) is 1.10. The summed E-state index contributed by atoms with van der Waals surface area (Å²) in [7, 11) is 0. The number of hydrogen-bond donors (Lipinski definition) is 1. The van der Waals surface area contributed by atoms with E-state index in [0.717, 1.165) is 31.6 Å². The second-order valence-electron chi connectivity index (χ2n) is 5.69. The molecule has 2 aliphatic carbocycles. The third kappa shape index (κ3) is 3.83. The minimum atomic E-state index is 0.149. The minimum absolute atomic E-state index is 0.149. The summed E-state index contributed by atoms with van der Waals surface area (Å²) < 4.78 is 0. The highest BCUT2D eigenvalue weighted by Gasteiger charge is 2.21. The van der Waals surface area contributed by atoms with Gasteiger partial charge in [-0.05, 0) is 44.4 Å². The highest BCUT2D eigenvalue weighted by molar-refractivity contribution is 5.87. The van der Waals surface area contributed by atoms with E-state index in [1.807, 2.05) is 0 Å². The first-order chi connectivity index (χ1) is 8.25. The maximum atomic E-state index is 11.9. The molecule has 0 aliphatic heterocycles. The highest BCUT2D eigenvalue weighted by atomic mass is 16.2. The van der Waals surface area contributed by atoms with Crippen LogP contribution < -0.4 is 5.43 Å². The van der Waals surface area contributed by atoms with Crippen molar-refractivity contribution >= 4 is 11.6 Å². The molecule has 2 rings (SSSR count). The first-order valence-corrected chi connectivity index (χ1v) is 7.11. The maximum Gasteiger partial charge on any atom is 0.243 e. The van der Waals surface area contributed by atoms with E-state index in [0.29, 0.717) is 0 Å². The van der Waals surface area contributed by atoms with Gasteiger partial charge in [0.2, 0.25) is 5.91 Å². The first kappa shape index (κ1) is 12.6. The van der Waals surface area contributed by atoms with Crippen LogP contribution in [0.2, 0.25) is 0 Å². The zero-order chi connectivity index (χ0) is 12.1. The van der Waals surface area contributed by atoms with Gasteiger partial charge in [0.15, 0.2) is 0 Å². The van der Waals surface area contributed by atoms with Crippen LogP contribution in [-0.4, -0.2) is 11.6 Å². The largest absolute Gasteiger partial charge is 0.273 e. The lowest BCUT2D eigenvalue weighted by atomic mass is 9.89. The number of carbonyl (C=O) groups excluding carboxylic acids is 1. The van der Waals surface area contributed by atoms with E-state index in [1.54, 1.807) is 0 Å². The second-order valence-corrected chi connectivity index (χ2v) is 5.69. The molecule has 1 atom stereocenters. The molecule has 0 bridgehead atoms. The van der Waals surface area contributed by atoms with Crippen molar-refractivity contribution in [3.63, 3.8) is 0 Å². The van der Waals surface area contributed by atoms with Crippen molar-refractivity contribution in [1.82, 2.24) is 5.43 Å². The number of hydrogen-bond acceptors (Lipinski definition) is 2. The molecule has 0 aromatic heterocycles. The van der Waals surface area contributed by atoms with E-state index in [4.69, 9.17) is 0 Å². The Balaban J connectivity index is 1.79. The number of nitrogens with one attached hydrogen (secondary N) is 1. The number of hydrazone groups is 1. The average molecular weight is 236 g/mol. The molecule has 96 valence electrons. The van der Waals surface area contributed by atoms with Crippen LogP contribution in [0.5, 0.6) is 0 Å². The van der Waals surface area contributed by atoms with Crippen molar-refractivity contribution in [1.29, 1.82) is 0 Å². The maximum absolute atomic E-state index is 11.9. The summed E-state index contributed by atoms with van der Waals surface area (Å²) in [6.45, 7) is 2.26. The fourth-order valence-electron chi connectivity index (χ4n) is 2.95. The van der Waals surface area contributed by atoms with E-state index >= 15 is 0 Å². The molecule has 0 radical (unpaired) electrons. The lowest BCUT2D eigenvalue weighted by Gasteiger charge is -2.21. The molecule has 2 fully saturated rings. The van der Waals surface area contributed by atoms with Crippen LogP contribution in [0, 0.1) is 11.8 Å². The third-order valence-electron chi connectivity index (χ3n) is 4.05. The summed E-state index contributed by atoms with van der Waals surface area (Å²) in [4.78, 5) is 11.9. The third-order valence-corrected chi connectivity index (χ3v) is 4.05. The molecule has 0 spiro atoms. The summed E-state index contributed by atoms with van der Waals surface area (Å²) in [6, 6.07) is 0. The van der Waals surface area contributed by atoms with E-state index < -0.39 is 0 Å². The lowest BCUT2D eigenvalue weighted by molar-refractivity contribution is -0.125. The molecule has 1 N–H and O–H groups in total. The number of carbonyl (C=O) groups is 1. The first-order valence-electron chi connectivity index (χ1n) is 7.11.